The molecule has 1 aliphatic heterocycles. The highest BCUT2D eigenvalue weighted by molar-refractivity contribution is 6.01. The summed E-state index contributed by atoms with van der Waals surface area (Å²) in [4.78, 5) is 36.2. The molecule has 0 atom stereocenters. The van der Waals surface area contributed by atoms with Crippen LogP contribution in [0.15, 0.2) is 6.20 Å². The maximum absolute atomic E-state index is 12.1. The molecule has 0 radical (unpaired) electrons. The molecule has 1 fully saturated rings. The highest BCUT2D eigenvalue weighted by Gasteiger charge is 2.27. The van der Waals surface area contributed by atoms with Crippen molar-refractivity contribution in [3.63, 3.8) is 0 Å². The molecule has 0 aromatic carbocycles. The SMILES string of the molecule is CC(=O)N1CCC(C(=O)Nc2cn[nH]c2C(N)=O)CC1. The molecule has 0 bridgehead atoms. The quantitative estimate of drug-likeness (QED) is 0.703. The van der Waals surface area contributed by atoms with Gasteiger partial charge in [0, 0.05) is 25.9 Å². The number of carbonyl (C=O) groups is 3. The lowest BCUT2D eigenvalue weighted by Crippen LogP contribution is -2.40. The summed E-state index contributed by atoms with van der Waals surface area (Å²) >= 11 is 0. The number of nitrogens with two attached hydrogens (primary N) is 1. The Morgan fingerprint density at radius 1 is 1.40 bits per heavy atom. The molecule has 0 unspecified atom stereocenters. The molecule has 20 heavy (non-hydrogen) atoms. The van der Waals surface area contributed by atoms with Crippen LogP contribution in [-0.4, -0.2) is 45.9 Å². The van der Waals surface area contributed by atoms with Crippen molar-refractivity contribution in [2.75, 3.05) is 18.4 Å². The normalized spacial score (nSPS) is 15.9. The summed E-state index contributed by atoms with van der Waals surface area (Å²) in [6.45, 7) is 2.66. The molecule has 0 aliphatic carbocycles. The minimum Gasteiger partial charge on any atom is -0.364 e. The molecule has 1 aromatic rings. The number of nitrogens with one attached hydrogen (secondary N) is 2. The summed E-state index contributed by atoms with van der Waals surface area (Å²) in [6.07, 6.45) is 2.56. The molecule has 108 valence electrons. The number of aromatic amines is 1. The molecule has 0 saturated carbocycles. The Hall–Kier alpha value is -2.38. The van der Waals surface area contributed by atoms with Gasteiger partial charge in [-0.3, -0.25) is 19.5 Å². The number of aromatic nitrogens is 2. The van der Waals surface area contributed by atoms with E-state index in [0.29, 0.717) is 25.9 Å². The molecule has 1 aromatic heterocycles. The smallest absolute Gasteiger partial charge is 0.268 e. The van der Waals surface area contributed by atoms with Crippen LogP contribution in [-0.2, 0) is 9.59 Å². The fourth-order valence-corrected chi connectivity index (χ4v) is 2.26. The van der Waals surface area contributed by atoms with Crippen molar-refractivity contribution in [1.29, 1.82) is 0 Å². The Bertz CT molecular complexity index is 531. The lowest BCUT2D eigenvalue weighted by Gasteiger charge is -2.30. The average molecular weight is 279 g/mol. The molecule has 0 spiro atoms. The zero-order valence-electron chi connectivity index (χ0n) is 11.2. The fourth-order valence-electron chi connectivity index (χ4n) is 2.26. The Labute approximate surface area is 115 Å². The summed E-state index contributed by atoms with van der Waals surface area (Å²) in [5.74, 6) is -1.02. The Balaban J connectivity index is 1.94. The van der Waals surface area contributed by atoms with Gasteiger partial charge < -0.3 is 16.0 Å². The molecule has 1 saturated heterocycles. The van der Waals surface area contributed by atoms with E-state index in [2.05, 4.69) is 15.5 Å². The number of amides is 3. The Morgan fingerprint density at radius 2 is 2.05 bits per heavy atom. The molecular formula is C12H17N5O3. The van der Waals surface area contributed by atoms with Crippen molar-refractivity contribution in [2.24, 2.45) is 11.7 Å². The van der Waals surface area contributed by atoms with E-state index in [0.717, 1.165) is 0 Å². The van der Waals surface area contributed by atoms with Gasteiger partial charge in [-0.15, -0.1) is 0 Å². The first kappa shape index (κ1) is 14.0. The third-order valence-electron chi connectivity index (χ3n) is 3.45. The maximum Gasteiger partial charge on any atom is 0.268 e. The summed E-state index contributed by atoms with van der Waals surface area (Å²) in [5, 5.41) is 8.78. The third-order valence-corrected chi connectivity index (χ3v) is 3.45. The number of primary amides is 1. The number of hydrogen-bond acceptors (Lipinski definition) is 4. The molecule has 8 heteroatoms. The monoisotopic (exact) mass is 279 g/mol. The highest BCUT2D eigenvalue weighted by atomic mass is 16.2. The minimum absolute atomic E-state index is 0.0229. The van der Waals surface area contributed by atoms with Crippen LogP contribution in [0.2, 0.25) is 0 Å². The van der Waals surface area contributed by atoms with E-state index in [-0.39, 0.29) is 29.1 Å². The summed E-state index contributed by atoms with van der Waals surface area (Å²) in [7, 11) is 0. The molecule has 1 aliphatic rings. The molecule has 3 amide bonds. The van der Waals surface area contributed by atoms with Crippen molar-refractivity contribution >= 4 is 23.4 Å². The molecule has 2 heterocycles. The first-order valence-corrected chi connectivity index (χ1v) is 6.38. The highest BCUT2D eigenvalue weighted by Crippen LogP contribution is 2.20. The zero-order valence-corrected chi connectivity index (χ0v) is 11.2. The van der Waals surface area contributed by atoms with Crippen molar-refractivity contribution in [3.05, 3.63) is 11.9 Å². The number of likely N-dealkylation sites (tertiary alicyclic amines) is 1. The topological polar surface area (TPSA) is 121 Å². The lowest BCUT2D eigenvalue weighted by atomic mass is 9.96. The van der Waals surface area contributed by atoms with E-state index in [1.807, 2.05) is 0 Å². The van der Waals surface area contributed by atoms with Crippen LogP contribution in [0.25, 0.3) is 0 Å². The number of H-pyrrole nitrogens is 1. The number of anilines is 1. The summed E-state index contributed by atoms with van der Waals surface area (Å²) in [6, 6.07) is 0. The van der Waals surface area contributed by atoms with Crippen molar-refractivity contribution in [1.82, 2.24) is 15.1 Å². The molecular weight excluding hydrogens is 262 g/mol. The first-order chi connectivity index (χ1) is 9.49. The Morgan fingerprint density at radius 3 is 2.60 bits per heavy atom. The molecule has 4 N–H and O–H groups in total. The van der Waals surface area contributed by atoms with Crippen molar-refractivity contribution in [2.45, 2.75) is 19.8 Å². The van der Waals surface area contributed by atoms with Crippen LogP contribution < -0.4 is 11.1 Å². The van der Waals surface area contributed by atoms with Gasteiger partial charge in [-0.05, 0) is 12.8 Å². The van der Waals surface area contributed by atoms with Crippen LogP contribution in [0.5, 0.6) is 0 Å². The van der Waals surface area contributed by atoms with E-state index >= 15 is 0 Å². The predicted molar refractivity (Wildman–Crippen MR) is 70.7 cm³/mol. The van der Waals surface area contributed by atoms with E-state index in [4.69, 9.17) is 5.73 Å². The lowest BCUT2D eigenvalue weighted by molar-refractivity contribution is -0.132. The van der Waals surface area contributed by atoms with Gasteiger partial charge in [0.2, 0.25) is 11.8 Å². The average Bonchev–Trinajstić information content (AvgIpc) is 2.87. The van der Waals surface area contributed by atoms with Crippen LogP contribution in [0, 0.1) is 5.92 Å². The van der Waals surface area contributed by atoms with E-state index in [9.17, 15) is 14.4 Å². The van der Waals surface area contributed by atoms with Gasteiger partial charge in [0.05, 0.1) is 11.9 Å². The molecule has 2 rings (SSSR count). The Kier molecular flexibility index (Phi) is 4.02. The second-order valence-corrected chi connectivity index (χ2v) is 4.79. The maximum atomic E-state index is 12.1. The van der Waals surface area contributed by atoms with E-state index in [1.165, 1.54) is 13.1 Å². The van der Waals surface area contributed by atoms with Crippen LogP contribution in [0.1, 0.15) is 30.3 Å². The van der Waals surface area contributed by atoms with Gasteiger partial charge >= 0.3 is 0 Å². The standard InChI is InChI=1S/C12H17N5O3/c1-7(18)17-4-2-8(3-5-17)12(20)15-9-6-14-16-10(9)11(13)19/h6,8H,2-5H2,1H3,(H2,13,19)(H,14,16)(H,15,20). The predicted octanol–water partition coefficient (Wildman–Crippen LogP) is -0.294. The van der Waals surface area contributed by atoms with Gasteiger partial charge in [0.1, 0.15) is 5.69 Å². The van der Waals surface area contributed by atoms with Gasteiger partial charge in [-0.2, -0.15) is 5.10 Å². The minimum atomic E-state index is -0.677. The first-order valence-electron chi connectivity index (χ1n) is 6.38. The zero-order chi connectivity index (χ0) is 14.7. The van der Waals surface area contributed by atoms with Crippen LogP contribution in [0.4, 0.5) is 5.69 Å². The largest absolute Gasteiger partial charge is 0.364 e. The number of nitrogens with zero attached hydrogens (tertiary/aromatic N) is 2. The van der Waals surface area contributed by atoms with Crippen LogP contribution >= 0.6 is 0 Å². The number of rotatable bonds is 3. The van der Waals surface area contributed by atoms with Crippen molar-refractivity contribution in [3.8, 4) is 0 Å². The molecule has 8 nitrogen and oxygen atoms in total. The van der Waals surface area contributed by atoms with E-state index in [1.54, 1.807) is 4.90 Å². The summed E-state index contributed by atoms with van der Waals surface area (Å²) in [5.41, 5.74) is 5.53. The second-order valence-electron chi connectivity index (χ2n) is 4.79. The summed E-state index contributed by atoms with van der Waals surface area (Å²) < 4.78 is 0. The third kappa shape index (κ3) is 2.95. The number of piperidine rings is 1. The van der Waals surface area contributed by atoms with Gasteiger partial charge in [-0.1, -0.05) is 0 Å². The van der Waals surface area contributed by atoms with Gasteiger partial charge in [0.15, 0.2) is 0 Å². The van der Waals surface area contributed by atoms with Gasteiger partial charge in [-0.25, -0.2) is 0 Å². The van der Waals surface area contributed by atoms with Crippen molar-refractivity contribution < 1.29 is 14.4 Å². The second kappa shape index (κ2) is 5.72. The van der Waals surface area contributed by atoms with Gasteiger partial charge in [0.25, 0.3) is 5.91 Å². The van der Waals surface area contributed by atoms with Crippen LogP contribution in [0.3, 0.4) is 0 Å². The number of hydrogen-bond donors (Lipinski definition) is 3. The number of carbonyl (C=O) groups excluding carboxylic acids is 3. The van der Waals surface area contributed by atoms with E-state index < -0.39 is 5.91 Å². The fraction of sp³-hybridized carbons (Fsp3) is 0.500.